The number of rotatable bonds is 0. The summed E-state index contributed by atoms with van der Waals surface area (Å²) in [4.78, 5) is 0. The molecule has 0 atom stereocenters. The second-order valence-electron chi connectivity index (χ2n) is 1.92. The van der Waals surface area contributed by atoms with Crippen LogP contribution in [0.3, 0.4) is 0 Å². The third kappa shape index (κ3) is 2.57. The molecule has 0 heterocycles. The summed E-state index contributed by atoms with van der Waals surface area (Å²) >= 11 is 1.25. The van der Waals surface area contributed by atoms with Crippen molar-refractivity contribution in [3.05, 3.63) is 29.8 Å². The summed E-state index contributed by atoms with van der Waals surface area (Å²) in [5.74, 6) is 3.10. The SMILES string of the molecule is [3H]CSC#Cc1ccc(O)cc1. The van der Waals surface area contributed by atoms with Gasteiger partial charge in [-0.2, -0.15) is 0 Å². The second-order valence-corrected chi connectivity index (χ2v) is 2.41. The first-order valence-electron chi connectivity index (χ1n) is 3.74. The van der Waals surface area contributed by atoms with Crippen molar-refractivity contribution < 1.29 is 6.48 Å². The number of aromatic hydroxyl groups is 1. The Kier molecular flexibility index (Phi) is 2.38. The predicted molar refractivity (Wildman–Crippen MR) is 48.5 cm³/mol. The molecule has 0 aliphatic heterocycles. The molecule has 0 radical (unpaired) electrons. The summed E-state index contributed by atoms with van der Waals surface area (Å²) in [6.45, 7) is 0. The van der Waals surface area contributed by atoms with Crippen molar-refractivity contribution in [1.82, 2.24) is 0 Å². The van der Waals surface area contributed by atoms with Crippen molar-refractivity contribution >= 4 is 11.8 Å². The van der Waals surface area contributed by atoms with Gasteiger partial charge in [-0.15, -0.1) is 0 Å². The molecule has 1 nitrogen and oxygen atoms in total. The van der Waals surface area contributed by atoms with E-state index in [0.29, 0.717) is 0 Å². The molecule has 56 valence electrons. The number of hydrogen-bond donors (Lipinski definition) is 1. The molecule has 0 aliphatic carbocycles. The molecule has 0 saturated carbocycles. The molecular formula is C9H8OS. The molecule has 0 saturated heterocycles. The Labute approximate surface area is 71.8 Å². The first kappa shape index (κ1) is 6.63. The molecule has 0 bridgehead atoms. The van der Waals surface area contributed by atoms with Crippen molar-refractivity contribution in [2.24, 2.45) is 0 Å². The van der Waals surface area contributed by atoms with Crippen molar-refractivity contribution in [2.45, 2.75) is 0 Å². The zero-order chi connectivity index (χ0) is 8.81. The highest BCUT2D eigenvalue weighted by molar-refractivity contribution is 8.03. The molecule has 0 fully saturated rings. The number of thioether (sulfide) groups is 1. The van der Waals surface area contributed by atoms with E-state index in [2.05, 4.69) is 11.2 Å². The quantitative estimate of drug-likeness (QED) is 0.595. The smallest absolute Gasteiger partial charge is 0.115 e. The fourth-order valence-corrected chi connectivity index (χ4v) is 0.830. The van der Waals surface area contributed by atoms with Crippen molar-refractivity contribution in [3.8, 4) is 16.9 Å². The third-order valence-electron chi connectivity index (χ3n) is 1.13. The lowest BCUT2D eigenvalue weighted by Crippen LogP contribution is -1.70. The molecule has 1 aromatic carbocycles. The second kappa shape index (κ2) is 3.95. The molecule has 11 heavy (non-hydrogen) atoms. The maximum absolute atomic E-state index is 8.94. The number of hydrogen-bond acceptors (Lipinski definition) is 2. The largest absolute Gasteiger partial charge is 0.508 e. The molecule has 0 unspecified atom stereocenters. The highest BCUT2D eigenvalue weighted by Gasteiger charge is 1.85. The monoisotopic (exact) mass is 166 g/mol. The highest BCUT2D eigenvalue weighted by atomic mass is 32.2. The first-order valence-corrected chi connectivity index (χ1v) is 4.02. The van der Waals surface area contributed by atoms with Gasteiger partial charge in [0.05, 0.1) is 0 Å². The Morgan fingerprint density at radius 2 is 2.18 bits per heavy atom. The van der Waals surface area contributed by atoms with Crippen LogP contribution < -0.4 is 0 Å². The van der Waals surface area contributed by atoms with E-state index in [1.807, 2.05) is 0 Å². The van der Waals surface area contributed by atoms with Crippen LogP contribution in [0.15, 0.2) is 24.3 Å². The summed E-state index contributed by atoms with van der Waals surface area (Å²) in [6, 6.07) is 6.67. The summed E-state index contributed by atoms with van der Waals surface area (Å²) < 4.78 is 6.82. The van der Waals surface area contributed by atoms with Crippen LogP contribution >= 0.6 is 11.8 Å². The van der Waals surface area contributed by atoms with Gasteiger partial charge < -0.3 is 5.11 Å². The topological polar surface area (TPSA) is 20.2 Å². The molecule has 0 spiro atoms. The van der Waals surface area contributed by atoms with Crippen LogP contribution in [-0.4, -0.2) is 11.3 Å². The van der Waals surface area contributed by atoms with E-state index >= 15 is 0 Å². The minimum Gasteiger partial charge on any atom is -0.508 e. The van der Waals surface area contributed by atoms with Crippen LogP contribution in [0.1, 0.15) is 6.93 Å². The van der Waals surface area contributed by atoms with Gasteiger partial charge >= 0.3 is 0 Å². The van der Waals surface area contributed by atoms with Crippen molar-refractivity contribution in [2.75, 3.05) is 6.23 Å². The van der Waals surface area contributed by atoms with E-state index in [0.717, 1.165) is 5.56 Å². The van der Waals surface area contributed by atoms with E-state index in [9.17, 15) is 0 Å². The lowest BCUT2D eigenvalue weighted by molar-refractivity contribution is 0.475. The number of phenolic OH excluding ortho intramolecular Hbond substituents is 1. The summed E-state index contributed by atoms with van der Waals surface area (Å²) in [5, 5.41) is 11.7. The lowest BCUT2D eigenvalue weighted by atomic mass is 10.2. The van der Waals surface area contributed by atoms with Crippen LogP contribution in [0.2, 0.25) is 0 Å². The van der Waals surface area contributed by atoms with Gasteiger partial charge in [-0.1, -0.05) is 17.7 Å². The molecule has 0 amide bonds. The Hall–Kier alpha value is -1.07. The highest BCUT2D eigenvalue weighted by Crippen LogP contribution is 2.08. The summed E-state index contributed by atoms with van der Waals surface area (Å²) in [5.41, 5.74) is 0.855. The molecule has 1 rings (SSSR count). The van der Waals surface area contributed by atoms with Crippen LogP contribution in [0.25, 0.3) is 0 Å². The molecule has 1 N–H and O–H groups in total. The van der Waals surface area contributed by atoms with Gasteiger partial charge in [-0.25, -0.2) is 0 Å². The van der Waals surface area contributed by atoms with E-state index < -0.39 is 0 Å². The van der Waals surface area contributed by atoms with Crippen molar-refractivity contribution in [3.63, 3.8) is 0 Å². The van der Waals surface area contributed by atoms with E-state index in [4.69, 9.17) is 6.48 Å². The number of benzene rings is 1. The maximum atomic E-state index is 8.94. The van der Waals surface area contributed by atoms with Crippen molar-refractivity contribution in [1.29, 1.82) is 0 Å². The molecule has 0 aromatic heterocycles. The number of phenols is 1. The van der Waals surface area contributed by atoms with E-state index in [-0.39, 0.29) is 12.0 Å². The van der Waals surface area contributed by atoms with Gasteiger partial charge in [0, 0.05) is 6.93 Å². The third-order valence-corrected chi connectivity index (χ3v) is 1.38. The Bertz CT molecular complexity index is 297. The van der Waals surface area contributed by atoms with Gasteiger partial charge in [-0.05, 0) is 35.7 Å². The van der Waals surface area contributed by atoms with E-state index in [1.165, 1.54) is 11.8 Å². The minimum atomic E-state index is 0.244. The zero-order valence-electron chi connectivity index (χ0n) is 6.87. The summed E-state index contributed by atoms with van der Waals surface area (Å²) in [6.07, 6.45) is 0.255. The molecular weight excluding hydrogens is 156 g/mol. The Morgan fingerprint density at radius 3 is 2.82 bits per heavy atom. The van der Waals surface area contributed by atoms with E-state index in [1.54, 1.807) is 24.3 Å². The van der Waals surface area contributed by atoms with Gasteiger partial charge in [0.15, 0.2) is 0 Å². The first-order chi connectivity index (χ1) is 5.83. The standard InChI is InChI=1S/C9H8OS/c1-11-7-6-8-2-4-9(10)5-3-8/h2-5,10H,1H3/i1T. The van der Waals surface area contributed by atoms with Gasteiger partial charge in [0.2, 0.25) is 0 Å². The van der Waals surface area contributed by atoms with Crippen LogP contribution in [0.5, 0.6) is 5.75 Å². The maximum Gasteiger partial charge on any atom is 0.115 e. The molecule has 0 aliphatic rings. The average Bonchev–Trinajstić information content (AvgIpc) is 2.09. The fraction of sp³-hybridized carbons (Fsp3) is 0.111. The van der Waals surface area contributed by atoms with Gasteiger partial charge in [0.1, 0.15) is 5.75 Å². The fourth-order valence-electron chi connectivity index (χ4n) is 0.640. The average molecular weight is 166 g/mol. The van der Waals surface area contributed by atoms with Gasteiger partial charge in [0.25, 0.3) is 0 Å². The summed E-state index contributed by atoms with van der Waals surface area (Å²) in [7, 11) is 0. The van der Waals surface area contributed by atoms with Crippen LogP contribution in [0.4, 0.5) is 0 Å². The van der Waals surface area contributed by atoms with Crippen LogP contribution in [0, 0.1) is 11.2 Å². The zero-order valence-corrected chi connectivity index (χ0v) is 6.69. The predicted octanol–water partition coefficient (Wildman–Crippen LogP) is 2.06. The normalized spacial score (nSPS) is 9.64. The molecule has 2 heteroatoms. The van der Waals surface area contributed by atoms with Crippen LogP contribution in [-0.2, 0) is 0 Å². The molecule has 1 aromatic rings. The van der Waals surface area contributed by atoms with Gasteiger partial charge in [-0.3, -0.25) is 0 Å². The Morgan fingerprint density at radius 1 is 1.45 bits per heavy atom. The minimum absolute atomic E-state index is 0.244. The lowest BCUT2D eigenvalue weighted by Gasteiger charge is -1.89. The Balaban J connectivity index is 2.66.